The number of likely N-dealkylation sites (N-methyl/N-ethyl adjacent to an activating group) is 2. The molecule has 3 N–H and O–H groups in total. The molecular weight excluding hydrogens is 913 g/mol. The number of amides is 6. The summed E-state index contributed by atoms with van der Waals surface area (Å²) in [5.41, 5.74) is 0.683. The molecule has 0 saturated carbocycles. The Hall–Kier alpha value is -5.20. The number of para-hydroxylation sites is 1. The lowest BCUT2D eigenvalue weighted by Gasteiger charge is -2.38. The molecule has 6 amide bonds. The molecule has 0 bridgehead atoms. The van der Waals surface area contributed by atoms with Crippen LogP contribution in [0.5, 0.6) is 5.75 Å². The highest BCUT2D eigenvalue weighted by Crippen LogP contribution is 2.29. The Labute approximate surface area is 424 Å². The molecule has 18 heteroatoms. The summed E-state index contributed by atoms with van der Waals surface area (Å²) in [5.74, 6) is -2.57. The van der Waals surface area contributed by atoms with E-state index in [4.69, 9.17) is 14.2 Å². The summed E-state index contributed by atoms with van der Waals surface area (Å²) in [5, 5.41) is 15.0. The van der Waals surface area contributed by atoms with Crippen LogP contribution in [0.1, 0.15) is 126 Å². The predicted octanol–water partition coefficient (Wildman–Crippen LogP) is 5.54. The molecule has 8 atom stereocenters. The lowest BCUT2D eigenvalue weighted by atomic mass is 9.90. The molecule has 1 saturated heterocycles. The van der Waals surface area contributed by atoms with E-state index in [9.17, 15) is 43.5 Å². The number of rotatable bonds is 27. The maximum absolute atomic E-state index is 13.6. The van der Waals surface area contributed by atoms with E-state index in [1.807, 2.05) is 46.7 Å². The molecule has 8 unspecified atom stereocenters. The Balaban J connectivity index is 0.00000136. The van der Waals surface area contributed by atoms with Gasteiger partial charge in [-0.25, -0.2) is 4.79 Å². The topological polar surface area (TPSA) is 221 Å². The monoisotopic (exact) mass is 1000 g/mol. The first-order valence-electron chi connectivity index (χ1n) is 25.4. The average molecular weight is 1000 g/mol. The molecular formula is C53H90N6O12. The number of benzene rings is 1. The highest BCUT2D eigenvalue weighted by molar-refractivity contribution is 6.12. The second-order valence-electron chi connectivity index (χ2n) is 18.3. The maximum Gasteiger partial charge on any atom is 0.326 e. The summed E-state index contributed by atoms with van der Waals surface area (Å²) in [7, 11) is 10.3. The number of likely N-dealkylation sites (tertiary alicyclic amines) is 1. The number of carboxylic acid groups (broad SMARTS) is 1. The average Bonchev–Trinajstić information content (AvgIpc) is 3.96. The van der Waals surface area contributed by atoms with Gasteiger partial charge in [0.1, 0.15) is 24.1 Å². The van der Waals surface area contributed by atoms with Crippen LogP contribution in [0.4, 0.5) is 0 Å². The number of ether oxygens (including phenoxy) is 3. The number of carbonyl (C=O) groups excluding carboxylic acids is 7. The van der Waals surface area contributed by atoms with Crippen molar-refractivity contribution in [3.05, 3.63) is 42.0 Å². The van der Waals surface area contributed by atoms with E-state index in [1.165, 1.54) is 42.6 Å². The minimum Gasteiger partial charge on any atom is -0.496 e. The molecule has 2 aliphatic heterocycles. The quantitative estimate of drug-likeness (QED) is 0.0561. The van der Waals surface area contributed by atoms with Crippen LogP contribution in [-0.2, 0) is 54.3 Å². The third-order valence-corrected chi connectivity index (χ3v) is 12.5. The van der Waals surface area contributed by atoms with E-state index in [1.54, 1.807) is 45.3 Å². The molecule has 404 valence electrons. The van der Waals surface area contributed by atoms with Crippen LogP contribution in [-0.4, -0.2) is 171 Å². The van der Waals surface area contributed by atoms with Gasteiger partial charge in [-0.15, -0.1) is 0 Å². The van der Waals surface area contributed by atoms with Crippen molar-refractivity contribution in [1.82, 2.24) is 30.2 Å². The van der Waals surface area contributed by atoms with Gasteiger partial charge in [0.05, 0.1) is 44.2 Å². The molecule has 1 aromatic rings. The molecule has 18 nitrogen and oxygen atoms in total. The van der Waals surface area contributed by atoms with Crippen LogP contribution in [0, 0.1) is 17.8 Å². The number of carboxylic acids is 1. The van der Waals surface area contributed by atoms with Gasteiger partial charge in [0.2, 0.25) is 23.6 Å². The van der Waals surface area contributed by atoms with Crippen molar-refractivity contribution >= 4 is 47.7 Å². The summed E-state index contributed by atoms with van der Waals surface area (Å²) in [4.78, 5) is 103. The van der Waals surface area contributed by atoms with E-state index in [0.717, 1.165) is 12.8 Å². The number of nitrogens with zero attached hydrogens (tertiary/aromatic N) is 4. The summed E-state index contributed by atoms with van der Waals surface area (Å²) in [6, 6.07) is 5.14. The Kier molecular flexibility index (Phi) is 33.2. The van der Waals surface area contributed by atoms with Gasteiger partial charge in [0.15, 0.2) is 0 Å². The van der Waals surface area contributed by atoms with Crippen LogP contribution < -0.4 is 15.4 Å². The van der Waals surface area contributed by atoms with E-state index >= 15 is 0 Å². The number of hydrogen-bond acceptors (Lipinski definition) is 12. The lowest BCUT2D eigenvalue weighted by molar-refractivity contribution is -0.145. The molecule has 0 spiro atoms. The normalized spacial score (nSPS) is 16.9. The number of nitrogens with one attached hydrogen (secondary N) is 2. The predicted molar refractivity (Wildman–Crippen MR) is 275 cm³/mol. The van der Waals surface area contributed by atoms with Gasteiger partial charge in [-0.1, -0.05) is 99.8 Å². The molecule has 71 heavy (non-hydrogen) atoms. The van der Waals surface area contributed by atoms with Gasteiger partial charge < -0.3 is 49.4 Å². The van der Waals surface area contributed by atoms with Gasteiger partial charge in [-0.05, 0) is 63.2 Å². The Morgan fingerprint density at radius 3 is 2.00 bits per heavy atom. The lowest BCUT2D eigenvalue weighted by Crippen LogP contribution is -2.53. The standard InChI is InChI=1S/C30H49N3O7.C18H27N3O5.C3H8.C2H6/c1-9-19(2)27(32(4)5)25(39-7)18-26(34)33-16-12-14-23(33)28(40-8)20(3)29(35)31-22(30(36)37)17-21-13-10-11-15-24(21)38-6;1-13(2)17(18(26)19-10-12-22)20(3)14(23)7-5-4-6-11-21-15(24)8-9-16(21)25;1-3-2;1-2/h10-11,13,15,19-20,22-23,25,27-28H,9,12,14,16-18H2,1-8H3,(H,31,35)(H,36,37);8-9,12-13,17H,4-7,10-11H2,1-3H3,(H,19,26);3H2,1-2H3;1-2H3. The maximum atomic E-state index is 13.6. The van der Waals surface area contributed by atoms with Crippen molar-refractivity contribution < 1.29 is 57.7 Å². The van der Waals surface area contributed by atoms with Gasteiger partial charge >= 0.3 is 5.97 Å². The van der Waals surface area contributed by atoms with Crippen LogP contribution >= 0.6 is 0 Å². The molecule has 1 aromatic carbocycles. The highest BCUT2D eigenvalue weighted by atomic mass is 16.5. The third kappa shape index (κ3) is 21.6. The molecule has 1 fully saturated rings. The number of aliphatic carboxylic acids is 1. The first-order chi connectivity index (χ1) is 33.7. The fraction of sp³-hybridized carbons (Fsp3) is 0.698. The first-order valence-corrected chi connectivity index (χ1v) is 25.4. The fourth-order valence-electron chi connectivity index (χ4n) is 8.84. The minimum absolute atomic E-state index is 0.0289. The molecule has 3 rings (SSSR count). The number of hydrogen-bond donors (Lipinski definition) is 3. The second kappa shape index (κ2) is 35.8. The van der Waals surface area contributed by atoms with Crippen molar-refractivity contribution in [3.8, 4) is 5.75 Å². The first kappa shape index (κ1) is 65.8. The van der Waals surface area contributed by atoms with E-state index in [0.29, 0.717) is 62.3 Å². The molecule has 2 heterocycles. The largest absolute Gasteiger partial charge is 0.496 e. The summed E-state index contributed by atoms with van der Waals surface area (Å²) in [6.07, 6.45) is 8.48. The number of carbonyl (C=O) groups is 8. The van der Waals surface area contributed by atoms with Gasteiger partial charge in [0, 0.05) is 65.4 Å². The van der Waals surface area contributed by atoms with E-state index < -0.39 is 36.0 Å². The number of imide groups is 1. The van der Waals surface area contributed by atoms with E-state index in [2.05, 4.69) is 43.2 Å². The molecule has 0 radical (unpaired) electrons. The van der Waals surface area contributed by atoms with Gasteiger partial charge in [-0.2, -0.15) is 0 Å². The zero-order valence-corrected chi connectivity index (χ0v) is 45.7. The Bertz CT molecular complexity index is 1810. The van der Waals surface area contributed by atoms with E-state index in [-0.39, 0.29) is 79.4 Å². The van der Waals surface area contributed by atoms with Crippen molar-refractivity contribution in [2.45, 2.75) is 163 Å². The van der Waals surface area contributed by atoms with Crippen LogP contribution in [0.2, 0.25) is 0 Å². The molecule has 2 aliphatic rings. The van der Waals surface area contributed by atoms with Gasteiger partial charge in [-0.3, -0.25) is 33.7 Å². The zero-order valence-electron chi connectivity index (χ0n) is 45.7. The fourth-order valence-corrected chi connectivity index (χ4v) is 8.84. The van der Waals surface area contributed by atoms with Crippen molar-refractivity contribution in [3.63, 3.8) is 0 Å². The SMILES string of the molecule is CC.CC(C)C(C(=O)NCC=O)N(C)C(=O)CCCCCN1C(=O)C=CC1=O.CCC.CCC(C)C(C(CC(=O)N1CCCC1C(OC)C(C)C(=O)NC(Cc1ccccc1OC)C(=O)O)OC)N(C)C. The van der Waals surface area contributed by atoms with Crippen LogP contribution in [0.3, 0.4) is 0 Å². The smallest absolute Gasteiger partial charge is 0.326 e. The van der Waals surface area contributed by atoms with Crippen LogP contribution in [0.15, 0.2) is 36.4 Å². The number of methoxy groups -OCH3 is 3. The van der Waals surface area contributed by atoms with Crippen molar-refractivity contribution in [2.24, 2.45) is 17.8 Å². The number of aldehydes is 1. The van der Waals surface area contributed by atoms with Crippen LogP contribution in [0.25, 0.3) is 0 Å². The molecule has 0 aliphatic carbocycles. The Morgan fingerprint density at radius 1 is 0.887 bits per heavy atom. The summed E-state index contributed by atoms with van der Waals surface area (Å²) >= 11 is 0. The zero-order chi connectivity index (χ0) is 54.4. The highest BCUT2D eigenvalue weighted by Gasteiger charge is 2.42. The van der Waals surface area contributed by atoms with Crippen molar-refractivity contribution in [2.75, 3.05) is 62.1 Å². The van der Waals surface area contributed by atoms with Gasteiger partial charge in [0.25, 0.3) is 11.8 Å². The number of unbranched alkanes of at least 4 members (excludes halogenated alkanes) is 2. The summed E-state index contributed by atoms with van der Waals surface area (Å²) in [6.45, 7) is 18.8. The van der Waals surface area contributed by atoms with Crippen molar-refractivity contribution in [1.29, 1.82) is 0 Å². The minimum atomic E-state index is -1.14. The second-order valence-corrected chi connectivity index (χ2v) is 18.3. The summed E-state index contributed by atoms with van der Waals surface area (Å²) < 4.78 is 17.0. The molecule has 0 aromatic heterocycles. The third-order valence-electron chi connectivity index (χ3n) is 12.5. The Morgan fingerprint density at radius 2 is 1.49 bits per heavy atom.